The monoisotopic (exact) mass is 196 g/mol. The molecule has 0 aromatic heterocycles. The van der Waals surface area contributed by atoms with Crippen molar-refractivity contribution >= 4 is 5.91 Å². The van der Waals surface area contributed by atoms with Crippen LogP contribution in [0.1, 0.15) is 46.0 Å². The van der Waals surface area contributed by atoms with Gasteiger partial charge in [0.15, 0.2) is 0 Å². The molecule has 3 nitrogen and oxygen atoms in total. The Morgan fingerprint density at radius 1 is 1.36 bits per heavy atom. The molecule has 0 bridgehead atoms. The van der Waals surface area contributed by atoms with Crippen molar-refractivity contribution in [2.75, 3.05) is 0 Å². The molecule has 0 aliphatic heterocycles. The summed E-state index contributed by atoms with van der Waals surface area (Å²) in [5, 5.41) is 3.09. The third-order valence-corrected chi connectivity index (χ3v) is 4.02. The molecule has 2 aliphatic rings. The molecule has 1 unspecified atom stereocenters. The molecular formula is C11H20N2O. The minimum absolute atomic E-state index is 0.0709. The van der Waals surface area contributed by atoms with Crippen molar-refractivity contribution in [1.82, 2.24) is 5.32 Å². The SMILES string of the molecule is CC1(C)CCC1NC(=O)C1(N)CCC1. The van der Waals surface area contributed by atoms with Crippen LogP contribution < -0.4 is 11.1 Å². The Morgan fingerprint density at radius 3 is 2.29 bits per heavy atom. The molecule has 0 aromatic rings. The molecule has 1 amide bonds. The summed E-state index contributed by atoms with van der Waals surface area (Å²) in [6, 6.07) is 0.344. The van der Waals surface area contributed by atoms with Crippen LogP contribution in [0.15, 0.2) is 0 Å². The standard InChI is InChI=1S/C11H20N2O/c1-10(2)7-4-8(10)13-9(14)11(12)5-3-6-11/h8H,3-7,12H2,1-2H3,(H,13,14). The lowest BCUT2D eigenvalue weighted by Crippen LogP contribution is -2.63. The highest BCUT2D eigenvalue weighted by atomic mass is 16.2. The third kappa shape index (κ3) is 1.44. The quantitative estimate of drug-likeness (QED) is 0.696. The predicted octanol–water partition coefficient (Wildman–Crippen LogP) is 1.17. The van der Waals surface area contributed by atoms with Gasteiger partial charge >= 0.3 is 0 Å². The number of nitrogens with two attached hydrogens (primary N) is 1. The Hall–Kier alpha value is -0.570. The molecule has 0 radical (unpaired) electrons. The van der Waals surface area contributed by atoms with E-state index in [1.54, 1.807) is 0 Å². The number of hydrogen-bond donors (Lipinski definition) is 2. The largest absolute Gasteiger partial charge is 0.351 e. The average Bonchev–Trinajstić information content (AvgIpc) is 2.08. The van der Waals surface area contributed by atoms with Gasteiger partial charge in [0.05, 0.1) is 5.54 Å². The highest BCUT2D eigenvalue weighted by molar-refractivity contribution is 5.87. The van der Waals surface area contributed by atoms with Gasteiger partial charge in [-0.25, -0.2) is 0 Å². The Bertz CT molecular complexity index is 256. The van der Waals surface area contributed by atoms with Crippen molar-refractivity contribution in [1.29, 1.82) is 0 Å². The van der Waals surface area contributed by atoms with Crippen molar-refractivity contribution in [3.8, 4) is 0 Å². The lowest BCUT2D eigenvalue weighted by molar-refractivity contribution is -0.132. The molecule has 80 valence electrons. The van der Waals surface area contributed by atoms with Gasteiger partial charge in [-0.05, 0) is 37.5 Å². The van der Waals surface area contributed by atoms with Gasteiger partial charge in [-0.15, -0.1) is 0 Å². The molecule has 2 rings (SSSR count). The van der Waals surface area contributed by atoms with E-state index in [1.165, 1.54) is 6.42 Å². The van der Waals surface area contributed by atoms with Crippen LogP contribution in [0.3, 0.4) is 0 Å². The zero-order valence-electron chi connectivity index (χ0n) is 9.10. The number of nitrogens with one attached hydrogen (secondary N) is 1. The summed E-state index contributed by atoms with van der Waals surface area (Å²) in [5.41, 5.74) is 5.69. The minimum atomic E-state index is -0.536. The van der Waals surface area contributed by atoms with Gasteiger partial charge < -0.3 is 11.1 Å². The second-order valence-corrected chi connectivity index (χ2v) is 5.56. The molecule has 14 heavy (non-hydrogen) atoms. The molecule has 0 heterocycles. The Labute approximate surface area is 85.4 Å². The summed E-state index contributed by atoms with van der Waals surface area (Å²) in [6.45, 7) is 4.40. The van der Waals surface area contributed by atoms with Crippen LogP contribution in [0.2, 0.25) is 0 Å². The first kappa shape index (κ1) is 9.97. The van der Waals surface area contributed by atoms with Crippen molar-refractivity contribution in [3.05, 3.63) is 0 Å². The normalized spacial score (nSPS) is 32.6. The Morgan fingerprint density at radius 2 is 2.00 bits per heavy atom. The molecular weight excluding hydrogens is 176 g/mol. The summed E-state index contributed by atoms with van der Waals surface area (Å²) in [5.74, 6) is 0.0709. The minimum Gasteiger partial charge on any atom is -0.351 e. The van der Waals surface area contributed by atoms with Crippen LogP contribution in [0.5, 0.6) is 0 Å². The molecule has 2 fully saturated rings. The summed E-state index contributed by atoms with van der Waals surface area (Å²) in [6.07, 6.45) is 5.11. The fourth-order valence-electron chi connectivity index (χ4n) is 2.22. The Balaban J connectivity index is 1.89. The van der Waals surface area contributed by atoms with Crippen LogP contribution >= 0.6 is 0 Å². The van der Waals surface area contributed by atoms with Crippen molar-refractivity contribution in [3.63, 3.8) is 0 Å². The van der Waals surface area contributed by atoms with E-state index >= 15 is 0 Å². The maximum absolute atomic E-state index is 11.8. The summed E-state index contributed by atoms with van der Waals surface area (Å²) >= 11 is 0. The van der Waals surface area contributed by atoms with E-state index in [-0.39, 0.29) is 11.3 Å². The van der Waals surface area contributed by atoms with Gasteiger partial charge in [-0.1, -0.05) is 13.8 Å². The van der Waals surface area contributed by atoms with Gasteiger partial charge in [0.1, 0.15) is 0 Å². The number of carbonyl (C=O) groups is 1. The van der Waals surface area contributed by atoms with E-state index in [0.29, 0.717) is 6.04 Å². The molecule has 3 N–H and O–H groups in total. The number of amides is 1. The van der Waals surface area contributed by atoms with E-state index in [1.807, 2.05) is 0 Å². The summed E-state index contributed by atoms with van der Waals surface area (Å²) in [7, 11) is 0. The molecule has 2 aliphatic carbocycles. The van der Waals surface area contributed by atoms with E-state index < -0.39 is 5.54 Å². The fourth-order valence-corrected chi connectivity index (χ4v) is 2.22. The third-order valence-electron chi connectivity index (χ3n) is 4.02. The lowest BCUT2D eigenvalue weighted by atomic mass is 9.66. The van der Waals surface area contributed by atoms with Gasteiger partial charge in [0.25, 0.3) is 0 Å². The first-order chi connectivity index (χ1) is 6.44. The van der Waals surface area contributed by atoms with Crippen LogP contribution in [-0.2, 0) is 4.79 Å². The van der Waals surface area contributed by atoms with E-state index in [0.717, 1.165) is 25.7 Å². The van der Waals surface area contributed by atoms with Gasteiger partial charge in [-0.2, -0.15) is 0 Å². The highest BCUT2D eigenvalue weighted by Gasteiger charge is 2.45. The maximum atomic E-state index is 11.8. The molecule has 1 atom stereocenters. The first-order valence-electron chi connectivity index (χ1n) is 5.54. The average molecular weight is 196 g/mol. The molecule has 0 aromatic carbocycles. The first-order valence-corrected chi connectivity index (χ1v) is 5.54. The molecule has 0 spiro atoms. The summed E-state index contributed by atoms with van der Waals surface area (Å²) < 4.78 is 0. The number of carbonyl (C=O) groups excluding carboxylic acids is 1. The maximum Gasteiger partial charge on any atom is 0.240 e. The second kappa shape index (κ2) is 2.96. The van der Waals surface area contributed by atoms with Crippen LogP contribution in [0.25, 0.3) is 0 Å². The van der Waals surface area contributed by atoms with E-state index in [9.17, 15) is 4.79 Å². The topological polar surface area (TPSA) is 55.1 Å². The number of rotatable bonds is 2. The highest BCUT2D eigenvalue weighted by Crippen LogP contribution is 2.40. The number of hydrogen-bond acceptors (Lipinski definition) is 2. The summed E-state index contributed by atoms with van der Waals surface area (Å²) in [4.78, 5) is 11.8. The van der Waals surface area contributed by atoms with Crippen LogP contribution in [0, 0.1) is 5.41 Å². The van der Waals surface area contributed by atoms with E-state index in [4.69, 9.17) is 5.73 Å². The lowest BCUT2D eigenvalue weighted by Gasteiger charge is -2.47. The molecule has 2 saturated carbocycles. The molecule has 0 saturated heterocycles. The smallest absolute Gasteiger partial charge is 0.240 e. The van der Waals surface area contributed by atoms with Crippen molar-refractivity contribution < 1.29 is 4.79 Å². The van der Waals surface area contributed by atoms with E-state index in [2.05, 4.69) is 19.2 Å². The van der Waals surface area contributed by atoms with Gasteiger partial charge in [0, 0.05) is 6.04 Å². The van der Waals surface area contributed by atoms with Gasteiger partial charge in [0.2, 0.25) is 5.91 Å². The van der Waals surface area contributed by atoms with Crippen molar-refractivity contribution in [2.45, 2.75) is 57.5 Å². The van der Waals surface area contributed by atoms with Crippen LogP contribution in [0.4, 0.5) is 0 Å². The van der Waals surface area contributed by atoms with Crippen molar-refractivity contribution in [2.24, 2.45) is 11.1 Å². The second-order valence-electron chi connectivity index (χ2n) is 5.56. The zero-order valence-corrected chi connectivity index (χ0v) is 9.10. The zero-order chi connectivity index (χ0) is 10.4. The molecule has 3 heteroatoms. The van der Waals surface area contributed by atoms with Crippen LogP contribution in [-0.4, -0.2) is 17.5 Å². The predicted molar refractivity (Wildman–Crippen MR) is 55.7 cm³/mol. The van der Waals surface area contributed by atoms with Gasteiger partial charge in [-0.3, -0.25) is 4.79 Å². The fraction of sp³-hybridized carbons (Fsp3) is 0.909. The Kier molecular flexibility index (Phi) is 2.11.